The van der Waals surface area contributed by atoms with Gasteiger partial charge in [-0.25, -0.2) is 0 Å². The third-order valence-electron chi connectivity index (χ3n) is 3.59. The Morgan fingerprint density at radius 3 is 2.75 bits per heavy atom. The van der Waals surface area contributed by atoms with Crippen molar-refractivity contribution in [2.75, 3.05) is 11.1 Å². The molecular weight excluding hydrogens is 292 g/mol. The molecular formula is C15H21ClN2OS. The molecule has 0 radical (unpaired) electrons. The van der Waals surface area contributed by atoms with Gasteiger partial charge in [-0.15, -0.1) is 11.8 Å². The summed E-state index contributed by atoms with van der Waals surface area (Å²) in [6.07, 6.45) is 6.36. The summed E-state index contributed by atoms with van der Waals surface area (Å²) >= 11 is 7.63. The number of benzene rings is 1. The normalized spacial score (nSPS) is 17.7. The standard InChI is InChI=1S/C15H21ClN2OS/c1-10(20-12-5-3-2-4-6-12)15(19)18-14-8-7-11(16)9-13(14)17/h7-10,12H,2-6,17H2,1H3,(H,18,19). The number of nitrogens with two attached hydrogens (primary N) is 1. The van der Waals surface area contributed by atoms with Crippen LogP contribution in [0.1, 0.15) is 39.0 Å². The van der Waals surface area contributed by atoms with Gasteiger partial charge in [0.1, 0.15) is 0 Å². The van der Waals surface area contributed by atoms with Crippen LogP contribution in [0, 0.1) is 0 Å². The van der Waals surface area contributed by atoms with Crippen molar-refractivity contribution < 1.29 is 4.79 Å². The highest BCUT2D eigenvalue weighted by Crippen LogP contribution is 2.32. The molecule has 5 heteroatoms. The first-order valence-electron chi connectivity index (χ1n) is 7.07. The molecule has 110 valence electrons. The lowest BCUT2D eigenvalue weighted by Crippen LogP contribution is -2.25. The Bertz CT molecular complexity index is 475. The first-order chi connectivity index (χ1) is 9.56. The fourth-order valence-electron chi connectivity index (χ4n) is 2.43. The van der Waals surface area contributed by atoms with Crippen LogP contribution in [0.3, 0.4) is 0 Å². The van der Waals surface area contributed by atoms with Crippen LogP contribution < -0.4 is 11.1 Å². The third kappa shape index (κ3) is 4.32. The SMILES string of the molecule is CC(SC1CCCCC1)C(=O)Nc1ccc(Cl)cc1N. The average Bonchev–Trinajstić information content (AvgIpc) is 2.43. The summed E-state index contributed by atoms with van der Waals surface area (Å²) in [5, 5.41) is 4.01. The smallest absolute Gasteiger partial charge is 0.237 e. The number of anilines is 2. The summed E-state index contributed by atoms with van der Waals surface area (Å²) in [5.74, 6) is 0.00889. The molecule has 3 N–H and O–H groups in total. The Balaban J connectivity index is 1.89. The molecule has 1 amide bonds. The zero-order valence-electron chi connectivity index (χ0n) is 11.7. The van der Waals surface area contributed by atoms with Crippen LogP contribution in [0.25, 0.3) is 0 Å². The van der Waals surface area contributed by atoms with E-state index in [2.05, 4.69) is 5.32 Å². The first-order valence-corrected chi connectivity index (χ1v) is 8.39. The van der Waals surface area contributed by atoms with E-state index < -0.39 is 0 Å². The third-order valence-corrected chi connectivity index (χ3v) is 5.30. The maximum absolute atomic E-state index is 12.2. The van der Waals surface area contributed by atoms with E-state index in [0.29, 0.717) is 21.6 Å². The second-order valence-corrected chi connectivity index (χ2v) is 7.34. The van der Waals surface area contributed by atoms with Gasteiger partial charge in [0.25, 0.3) is 0 Å². The van der Waals surface area contributed by atoms with Gasteiger partial charge >= 0.3 is 0 Å². The number of hydrogen-bond donors (Lipinski definition) is 2. The predicted octanol–water partition coefficient (Wildman–Crippen LogP) is 4.32. The fraction of sp³-hybridized carbons (Fsp3) is 0.533. The average molecular weight is 313 g/mol. The fourth-order valence-corrected chi connectivity index (χ4v) is 3.98. The van der Waals surface area contributed by atoms with Gasteiger partial charge in [0.15, 0.2) is 0 Å². The van der Waals surface area contributed by atoms with Gasteiger partial charge in [-0.2, -0.15) is 0 Å². The molecule has 1 unspecified atom stereocenters. The number of hydrogen-bond acceptors (Lipinski definition) is 3. The molecule has 1 atom stereocenters. The summed E-state index contributed by atoms with van der Waals surface area (Å²) < 4.78 is 0. The number of rotatable bonds is 4. The zero-order chi connectivity index (χ0) is 14.5. The summed E-state index contributed by atoms with van der Waals surface area (Å²) in [6, 6.07) is 5.12. The molecule has 0 heterocycles. The molecule has 20 heavy (non-hydrogen) atoms. The molecule has 3 nitrogen and oxygen atoms in total. The van der Waals surface area contributed by atoms with Gasteiger partial charge in [0.05, 0.1) is 16.6 Å². The minimum absolute atomic E-state index is 0.00889. The second kappa shape index (κ2) is 7.23. The summed E-state index contributed by atoms with van der Waals surface area (Å²) in [7, 11) is 0. The number of carbonyl (C=O) groups excluding carboxylic acids is 1. The molecule has 0 aliphatic heterocycles. The molecule has 2 rings (SSSR count). The maximum atomic E-state index is 12.2. The van der Waals surface area contributed by atoms with E-state index in [1.165, 1.54) is 32.1 Å². The Morgan fingerprint density at radius 1 is 1.40 bits per heavy atom. The molecule has 0 saturated heterocycles. The summed E-state index contributed by atoms with van der Waals surface area (Å²) in [5.41, 5.74) is 6.98. The van der Waals surface area contributed by atoms with Crippen molar-refractivity contribution in [1.29, 1.82) is 0 Å². The molecule has 1 aromatic carbocycles. The maximum Gasteiger partial charge on any atom is 0.237 e. The molecule has 1 aliphatic carbocycles. The Kier molecular flexibility index (Phi) is 5.61. The lowest BCUT2D eigenvalue weighted by Gasteiger charge is -2.24. The Morgan fingerprint density at radius 2 is 2.10 bits per heavy atom. The number of thioether (sulfide) groups is 1. The molecule has 1 fully saturated rings. The monoisotopic (exact) mass is 312 g/mol. The van der Waals surface area contributed by atoms with Crippen molar-refractivity contribution in [1.82, 2.24) is 0 Å². The summed E-state index contributed by atoms with van der Waals surface area (Å²) in [4.78, 5) is 12.2. The molecule has 0 spiro atoms. The van der Waals surface area contributed by atoms with Crippen molar-refractivity contribution in [2.45, 2.75) is 49.5 Å². The van der Waals surface area contributed by atoms with Crippen molar-refractivity contribution in [2.24, 2.45) is 0 Å². The number of halogens is 1. The zero-order valence-corrected chi connectivity index (χ0v) is 13.3. The quantitative estimate of drug-likeness (QED) is 0.814. The second-order valence-electron chi connectivity index (χ2n) is 5.26. The van der Waals surface area contributed by atoms with Crippen LogP contribution >= 0.6 is 23.4 Å². The van der Waals surface area contributed by atoms with Gasteiger partial charge in [-0.3, -0.25) is 4.79 Å². The van der Waals surface area contributed by atoms with Crippen LogP contribution in [0.4, 0.5) is 11.4 Å². The van der Waals surface area contributed by atoms with E-state index in [1.807, 2.05) is 6.92 Å². The van der Waals surface area contributed by atoms with Gasteiger partial charge in [-0.05, 0) is 38.0 Å². The van der Waals surface area contributed by atoms with E-state index in [1.54, 1.807) is 30.0 Å². The Labute approximate surface area is 129 Å². The van der Waals surface area contributed by atoms with Gasteiger partial charge in [0, 0.05) is 10.3 Å². The molecule has 1 aromatic rings. The lowest BCUT2D eigenvalue weighted by atomic mass is 10.0. The number of nitrogens with one attached hydrogen (secondary N) is 1. The van der Waals surface area contributed by atoms with Crippen LogP contribution in [0.2, 0.25) is 5.02 Å². The highest BCUT2D eigenvalue weighted by molar-refractivity contribution is 8.01. The Hall–Kier alpha value is -0.870. The highest BCUT2D eigenvalue weighted by atomic mass is 35.5. The van der Waals surface area contributed by atoms with E-state index in [-0.39, 0.29) is 11.2 Å². The molecule has 0 aromatic heterocycles. The largest absolute Gasteiger partial charge is 0.397 e. The number of nitrogen functional groups attached to an aromatic ring is 1. The first kappa shape index (κ1) is 15.5. The van der Waals surface area contributed by atoms with Crippen LogP contribution in [0.5, 0.6) is 0 Å². The minimum Gasteiger partial charge on any atom is -0.397 e. The van der Waals surface area contributed by atoms with Crippen molar-refractivity contribution in [3.8, 4) is 0 Å². The number of amides is 1. The van der Waals surface area contributed by atoms with Crippen molar-refractivity contribution in [3.05, 3.63) is 23.2 Å². The molecule has 1 aliphatic rings. The van der Waals surface area contributed by atoms with Crippen LogP contribution in [0.15, 0.2) is 18.2 Å². The number of carbonyl (C=O) groups is 1. The predicted molar refractivity (Wildman–Crippen MR) is 88.4 cm³/mol. The van der Waals surface area contributed by atoms with E-state index in [0.717, 1.165) is 0 Å². The van der Waals surface area contributed by atoms with E-state index in [4.69, 9.17) is 17.3 Å². The van der Waals surface area contributed by atoms with Crippen LogP contribution in [-0.2, 0) is 4.79 Å². The molecule has 1 saturated carbocycles. The van der Waals surface area contributed by atoms with Gasteiger partial charge in [0.2, 0.25) is 5.91 Å². The van der Waals surface area contributed by atoms with Gasteiger partial charge in [-0.1, -0.05) is 30.9 Å². The summed E-state index contributed by atoms with van der Waals surface area (Å²) in [6.45, 7) is 1.96. The van der Waals surface area contributed by atoms with E-state index >= 15 is 0 Å². The van der Waals surface area contributed by atoms with Crippen molar-refractivity contribution in [3.63, 3.8) is 0 Å². The van der Waals surface area contributed by atoms with Crippen LogP contribution in [-0.4, -0.2) is 16.4 Å². The highest BCUT2D eigenvalue weighted by Gasteiger charge is 2.21. The van der Waals surface area contributed by atoms with E-state index in [9.17, 15) is 4.79 Å². The molecule has 0 bridgehead atoms. The topological polar surface area (TPSA) is 55.1 Å². The van der Waals surface area contributed by atoms with Crippen molar-refractivity contribution >= 4 is 40.6 Å². The lowest BCUT2D eigenvalue weighted by molar-refractivity contribution is -0.115. The van der Waals surface area contributed by atoms with Gasteiger partial charge < -0.3 is 11.1 Å². The minimum atomic E-state index is -0.0619.